The summed E-state index contributed by atoms with van der Waals surface area (Å²) < 4.78 is 25.9. The molecule has 0 amide bonds. The summed E-state index contributed by atoms with van der Waals surface area (Å²) in [6.45, 7) is 0. The van der Waals surface area contributed by atoms with Gasteiger partial charge in [0.15, 0.2) is 0 Å². The maximum absolute atomic E-state index is 13.3. The number of hydrogen-bond donors (Lipinski definition) is 2. The average molecular weight is 221 g/mol. The van der Waals surface area contributed by atoms with Gasteiger partial charge in [-0.15, -0.1) is 0 Å². The number of pyridine rings is 1. The summed E-state index contributed by atoms with van der Waals surface area (Å²) in [6.07, 6.45) is 1.47. The molecule has 1 aromatic heterocycles. The van der Waals surface area contributed by atoms with E-state index in [2.05, 4.69) is 10.3 Å². The van der Waals surface area contributed by atoms with Crippen molar-refractivity contribution < 1.29 is 8.78 Å². The van der Waals surface area contributed by atoms with Gasteiger partial charge in [0, 0.05) is 6.07 Å². The molecule has 0 aliphatic carbocycles. The fraction of sp³-hybridized carbons (Fsp3) is 0. The van der Waals surface area contributed by atoms with Gasteiger partial charge in [0.1, 0.15) is 17.5 Å². The molecule has 0 radical (unpaired) electrons. The Morgan fingerprint density at radius 3 is 2.56 bits per heavy atom. The molecule has 0 atom stereocenters. The molecule has 0 aliphatic rings. The SMILES string of the molecule is Nc1ccc(Nc2ccc(F)cc2F)cn1. The van der Waals surface area contributed by atoms with Crippen LogP contribution in [-0.4, -0.2) is 4.98 Å². The standard InChI is InChI=1S/C11H9F2N3/c12-7-1-3-10(9(13)5-7)16-8-2-4-11(14)15-6-8/h1-6,16H,(H2,14,15). The van der Waals surface area contributed by atoms with Crippen LogP contribution in [0.4, 0.5) is 26.0 Å². The summed E-state index contributed by atoms with van der Waals surface area (Å²) in [5.74, 6) is -0.888. The van der Waals surface area contributed by atoms with Gasteiger partial charge in [-0.05, 0) is 24.3 Å². The van der Waals surface area contributed by atoms with Crippen molar-refractivity contribution in [3.05, 3.63) is 48.2 Å². The molecule has 0 fully saturated rings. The number of nitrogens with zero attached hydrogens (tertiary/aromatic N) is 1. The van der Waals surface area contributed by atoms with Gasteiger partial charge < -0.3 is 11.1 Å². The number of nitrogen functional groups attached to an aromatic ring is 1. The Balaban J connectivity index is 2.23. The van der Waals surface area contributed by atoms with E-state index in [1.54, 1.807) is 12.1 Å². The average Bonchev–Trinajstić information content (AvgIpc) is 2.25. The third-order valence-electron chi connectivity index (χ3n) is 2.00. The van der Waals surface area contributed by atoms with Crippen molar-refractivity contribution in [3.8, 4) is 0 Å². The highest BCUT2D eigenvalue weighted by molar-refractivity contribution is 5.60. The number of hydrogen-bond acceptors (Lipinski definition) is 3. The maximum Gasteiger partial charge on any atom is 0.149 e. The molecule has 0 spiro atoms. The van der Waals surface area contributed by atoms with Gasteiger partial charge in [0.2, 0.25) is 0 Å². The van der Waals surface area contributed by atoms with Crippen LogP contribution in [0, 0.1) is 11.6 Å². The summed E-state index contributed by atoms with van der Waals surface area (Å²) >= 11 is 0. The van der Waals surface area contributed by atoms with E-state index in [1.165, 1.54) is 18.3 Å². The minimum absolute atomic E-state index is 0.188. The van der Waals surface area contributed by atoms with E-state index in [0.717, 1.165) is 6.07 Å². The van der Waals surface area contributed by atoms with Crippen LogP contribution in [0.3, 0.4) is 0 Å². The third-order valence-corrected chi connectivity index (χ3v) is 2.00. The lowest BCUT2D eigenvalue weighted by Gasteiger charge is -2.07. The molecule has 1 aromatic carbocycles. The smallest absolute Gasteiger partial charge is 0.149 e. The highest BCUT2D eigenvalue weighted by atomic mass is 19.1. The minimum atomic E-state index is -0.656. The number of rotatable bonds is 2. The number of anilines is 3. The van der Waals surface area contributed by atoms with E-state index in [-0.39, 0.29) is 5.69 Å². The van der Waals surface area contributed by atoms with Crippen LogP contribution in [0.15, 0.2) is 36.5 Å². The summed E-state index contributed by atoms with van der Waals surface area (Å²) in [5.41, 5.74) is 6.18. The molecule has 3 N–H and O–H groups in total. The molecule has 3 nitrogen and oxygen atoms in total. The van der Waals surface area contributed by atoms with Crippen molar-refractivity contribution in [2.24, 2.45) is 0 Å². The van der Waals surface area contributed by atoms with Crippen LogP contribution < -0.4 is 11.1 Å². The van der Waals surface area contributed by atoms with Crippen molar-refractivity contribution >= 4 is 17.2 Å². The summed E-state index contributed by atoms with van der Waals surface area (Å²) in [7, 11) is 0. The molecule has 2 aromatic rings. The molecule has 5 heteroatoms. The molecule has 82 valence electrons. The van der Waals surface area contributed by atoms with Crippen molar-refractivity contribution in [2.45, 2.75) is 0 Å². The van der Waals surface area contributed by atoms with Crippen molar-refractivity contribution in [3.63, 3.8) is 0 Å². The zero-order valence-electron chi connectivity index (χ0n) is 8.24. The second-order valence-corrected chi connectivity index (χ2v) is 3.22. The van der Waals surface area contributed by atoms with Crippen LogP contribution in [-0.2, 0) is 0 Å². The van der Waals surface area contributed by atoms with Gasteiger partial charge >= 0.3 is 0 Å². The topological polar surface area (TPSA) is 50.9 Å². The molecular weight excluding hydrogens is 212 g/mol. The van der Waals surface area contributed by atoms with Gasteiger partial charge in [0.25, 0.3) is 0 Å². The number of nitrogens with one attached hydrogen (secondary N) is 1. The first-order valence-corrected chi connectivity index (χ1v) is 4.59. The summed E-state index contributed by atoms with van der Waals surface area (Å²) in [4.78, 5) is 3.84. The fourth-order valence-electron chi connectivity index (χ4n) is 1.23. The van der Waals surface area contributed by atoms with Crippen LogP contribution in [0.5, 0.6) is 0 Å². The molecule has 16 heavy (non-hydrogen) atoms. The molecule has 0 bridgehead atoms. The van der Waals surface area contributed by atoms with Gasteiger partial charge in [-0.3, -0.25) is 0 Å². The van der Waals surface area contributed by atoms with Gasteiger partial charge in [-0.25, -0.2) is 13.8 Å². The van der Waals surface area contributed by atoms with Gasteiger partial charge in [-0.2, -0.15) is 0 Å². The maximum atomic E-state index is 13.3. The Hall–Kier alpha value is -2.17. The normalized spacial score (nSPS) is 10.1. The zero-order valence-corrected chi connectivity index (χ0v) is 8.24. The lowest BCUT2D eigenvalue weighted by Crippen LogP contribution is -1.96. The molecule has 2 rings (SSSR count). The van der Waals surface area contributed by atoms with Gasteiger partial charge in [-0.1, -0.05) is 0 Å². The Kier molecular flexibility index (Phi) is 2.68. The zero-order chi connectivity index (χ0) is 11.5. The van der Waals surface area contributed by atoms with Crippen LogP contribution >= 0.6 is 0 Å². The Labute approximate surface area is 90.9 Å². The monoisotopic (exact) mass is 221 g/mol. The molecule has 1 heterocycles. The van der Waals surface area contributed by atoms with E-state index < -0.39 is 11.6 Å². The third kappa shape index (κ3) is 2.25. The Morgan fingerprint density at radius 1 is 1.12 bits per heavy atom. The molecule has 0 saturated heterocycles. The largest absolute Gasteiger partial charge is 0.384 e. The molecule has 0 unspecified atom stereocenters. The van der Waals surface area contributed by atoms with E-state index >= 15 is 0 Å². The van der Waals surface area contributed by atoms with Crippen molar-refractivity contribution in [1.29, 1.82) is 0 Å². The number of halogens is 2. The Morgan fingerprint density at radius 2 is 1.94 bits per heavy atom. The molecular formula is C11H9F2N3. The number of benzene rings is 1. The lowest BCUT2D eigenvalue weighted by atomic mass is 10.3. The van der Waals surface area contributed by atoms with E-state index in [1.807, 2.05) is 0 Å². The highest BCUT2D eigenvalue weighted by Crippen LogP contribution is 2.20. The number of nitrogens with two attached hydrogens (primary N) is 1. The first-order chi connectivity index (χ1) is 7.65. The second-order valence-electron chi connectivity index (χ2n) is 3.22. The molecule has 0 aliphatic heterocycles. The lowest BCUT2D eigenvalue weighted by molar-refractivity contribution is 0.586. The predicted octanol–water partition coefficient (Wildman–Crippen LogP) is 2.69. The van der Waals surface area contributed by atoms with E-state index in [9.17, 15) is 8.78 Å². The fourth-order valence-corrected chi connectivity index (χ4v) is 1.23. The quantitative estimate of drug-likeness (QED) is 0.819. The van der Waals surface area contributed by atoms with Crippen LogP contribution in [0.2, 0.25) is 0 Å². The highest BCUT2D eigenvalue weighted by Gasteiger charge is 2.03. The first-order valence-electron chi connectivity index (χ1n) is 4.59. The summed E-state index contributed by atoms with van der Waals surface area (Å²) in [5, 5.41) is 2.77. The van der Waals surface area contributed by atoms with E-state index in [0.29, 0.717) is 11.5 Å². The molecule has 0 saturated carbocycles. The van der Waals surface area contributed by atoms with Crippen molar-refractivity contribution in [2.75, 3.05) is 11.1 Å². The van der Waals surface area contributed by atoms with Crippen LogP contribution in [0.1, 0.15) is 0 Å². The predicted molar refractivity (Wildman–Crippen MR) is 58.3 cm³/mol. The Bertz CT molecular complexity index is 497. The summed E-state index contributed by atoms with van der Waals surface area (Å²) in [6, 6.07) is 6.55. The minimum Gasteiger partial charge on any atom is -0.384 e. The van der Waals surface area contributed by atoms with E-state index in [4.69, 9.17) is 5.73 Å². The second kappa shape index (κ2) is 4.14. The number of aromatic nitrogens is 1. The van der Waals surface area contributed by atoms with Gasteiger partial charge in [0.05, 0.1) is 17.6 Å². The van der Waals surface area contributed by atoms with Crippen molar-refractivity contribution in [1.82, 2.24) is 4.98 Å². The van der Waals surface area contributed by atoms with Crippen LogP contribution in [0.25, 0.3) is 0 Å². The first kappa shape index (κ1) is 10.4.